The zero-order valence-corrected chi connectivity index (χ0v) is 9.97. The number of aryl methyl sites for hydroxylation is 1. The number of aromatic nitrogens is 1. The largest absolute Gasteiger partial charge is 0.361 e. The quantitative estimate of drug-likeness (QED) is 0.600. The number of hydrogen-bond acceptors (Lipinski definition) is 5. The summed E-state index contributed by atoms with van der Waals surface area (Å²) in [7, 11) is 0. The van der Waals surface area contributed by atoms with Crippen molar-refractivity contribution in [2.45, 2.75) is 25.8 Å². The molecule has 18 heavy (non-hydrogen) atoms. The molecule has 0 aromatic carbocycles. The van der Waals surface area contributed by atoms with Gasteiger partial charge in [-0.1, -0.05) is 0 Å². The van der Waals surface area contributed by atoms with E-state index in [1.807, 2.05) is 0 Å². The van der Waals surface area contributed by atoms with Crippen molar-refractivity contribution >= 4 is 17.4 Å². The summed E-state index contributed by atoms with van der Waals surface area (Å²) in [4.78, 5) is 25.4. The maximum Gasteiger partial charge on any atom is 0.287 e. The van der Waals surface area contributed by atoms with Gasteiger partial charge in [-0.2, -0.15) is 0 Å². The number of rotatable bonds is 5. The first-order valence-electron chi connectivity index (χ1n) is 5.70. The van der Waals surface area contributed by atoms with Crippen LogP contribution < -0.4 is 10.6 Å². The molecule has 0 unspecified atom stereocenters. The summed E-state index contributed by atoms with van der Waals surface area (Å²) in [5.41, 5.74) is 0.587. The topological polar surface area (TPSA) is 97.2 Å². The van der Waals surface area contributed by atoms with Crippen LogP contribution in [0.25, 0.3) is 0 Å². The minimum Gasteiger partial charge on any atom is -0.361 e. The van der Waals surface area contributed by atoms with Gasteiger partial charge < -0.3 is 10.6 Å². The molecule has 0 aliphatic heterocycles. The fourth-order valence-electron chi connectivity index (χ4n) is 1.52. The fraction of sp³-hybridized carbons (Fsp3) is 0.455. The Morgan fingerprint density at radius 2 is 2.33 bits per heavy atom. The van der Waals surface area contributed by atoms with Gasteiger partial charge in [0.05, 0.1) is 11.5 Å². The van der Waals surface area contributed by atoms with Gasteiger partial charge >= 0.3 is 0 Å². The van der Waals surface area contributed by atoms with E-state index in [-0.39, 0.29) is 18.1 Å². The zero-order chi connectivity index (χ0) is 13.1. The lowest BCUT2D eigenvalue weighted by Gasteiger charge is -2.08. The Bertz CT molecular complexity index is 485. The number of pyridine rings is 1. The van der Waals surface area contributed by atoms with Gasteiger partial charge in [0.15, 0.2) is 0 Å². The third-order valence-corrected chi connectivity index (χ3v) is 2.63. The van der Waals surface area contributed by atoms with E-state index >= 15 is 0 Å². The van der Waals surface area contributed by atoms with Crippen molar-refractivity contribution in [3.05, 3.63) is 27.9 Å². The monoisotopic (exact) mass is 250 g/mol. The second kappa shape index (κ2) is 4.99. The van der Waals surface area contributed by atoms with E-state index in [1.54, 1.807) is 6.92 Å². The number of amides is 1. The minimum absolute atomic E-state index is 0.0551. The van der Waals surface area contributed by atoms with E-state index < -0.39 is 4.92 Å². The predicted octanol–water partition coefficient (Wildman–Crippen LogP) is 0.989. The Labute approximate surface area is 104 Å². The summed E-state index contributed by atoms with van der Waals surface area (Å²) < 4.78 is 0. The van der Waals surface area contributed by atoms with Gasteiger partial charge in [-0.3, -0.25) is 14.9 Å². The molecule has 0 spiro atoms. The van der Waals surface area contributed by atoms with Crippen LogP contribution in [0.1, 0.15) is 18.4 Å². The second-order valence-corrected chi connectivity index (χ2v) is 4.31. The van der Waals surface area contributed by atoms with E-state index in [1.165, 1.54) is 12.3 Å². The summed E-state index contributed by atoms with van der Waals surface area (Å²) in [5, 5.41) is 16.2. The normalized spacial score (nSPS) is 14.1. The van der Waals surface area contributed by atoms with Crippen LogP contribution in [-0.4, -0.2) is 28.4 Å². The van der Waals surface area contributed by atoms with Crippen molar-refractivity contribution in [1.82, 2.24) is 10.3 Å². The van der Waals surface area contributed by atoms with Crippen LogP contribution in [0.5, 0.6) is 0 Å². The molecule has 2 N–H and O–H groups in total. The highest BCUT2D eigenvalue weighted by atomic mass is 16.6. The van der Waals surface area contributed by atoms with E-state index in [0.29, 0.717) is 17.4 Å². The fourth-order valence-corrected chi connectivity index (χ4v) is 1.52. The molecule has 1 aromatic heterocycles. The average molecular weight is 250 g/mol. The van der Waals surface area contributed by atoms with Gasteiger partial charge in [0.25, 0.3) is 5.69 Å². The number of anilines is 1. The molecule has 0 saturated heterocycles. The average Bonchev–Trinajstić information content (AvgIpc) is 3.11. The van der Waals surface area contributed by atoms with Crippen LogP contribution in [-0.2, 0) is 4.79 Å². The van der Waals surface area contributed by atoms with Gasteiger partial charge in [-0.05, 0) is 25.3 Å². The lowest BCUT2D eigenvalue weighted by molar-refractivity contribution is -0.385. The summed E-state index contributed by atoms with van der Waals surface area (Å²) >= 11 is 0. The SMILES string of the molecule is Cc1cc([N+](=O)[O-])cnc1NCC(=O)NC1CC1. The van der Waals surface area contributed by atoms with Gasteiger partial charge in [0, 0.05) is 12.1 Å². The lowest BCUT2D eigenvalue weighted by atomic mass is 10.2. The van der Waals surface area contributed by atoms with Crippen molar-refractivity contribution in [1.29, 1.82) is 0 Å². The highest BCUT2D eigenvalue weighted by Gasteiger charge is 2.23. The first-order valence-corrected chi connectivity index (χ1v) is 5.70. The van der Waals surface area contributed by atoms with Gasteiger partial charge in [0.2, 0.25) is 5.91 Å². The molecule has 2 rings (SSSR count). The molecule has 1 fully saturated rings. The summed E-state index contributed by atoms with van der Waals surface area (Å²) in [6.07, 6.45) is 3.26. The van der Waals surface area contributed by atoms with Crippen molar-refractivity contribution < 1.29 is 9.72 Å². The minimum atomic E-state index is -0.496. The summed E-state index contributed by atoms with van der Waals surface area (Å²) in [6.45, 7) is 1.84. The van der Waals surface area contributed by atoms with Gasteiger partial charge in [-0.25, -0.2) is 4.98 Å². The Hall–Kier alpha value is -2.18. The first-order chi connectivity index (χ1) is 8.56. The van der Waals surface area contributed by atoms with E-state index in [2.05, 4.69) is 15.6 Å². The molecular weight excluding hydrogens is 236 g/mol. The lowest BCUT2D eigenvalue weighted by Crippen LogP contribution is -2.31. The summed E-state index contributed by atoms with van der Waals surface area (Å²) in [5.74, 6) is 0.406. The zero-order valence-electron chi connectivity index (χ0n) is 9.97. The molecular formula is C11H14N4O3. The third kappa shape index (κ3) is 3.16. The molecule has 0 bridgehead atoms. The molecule has 1 amide bonds. The van der Waals surface area contributed by atoms with Crippen molar-refractivity contribution in [2.75, 3.05) is 11.9 Å². The van der Waals surface area contributed by atoms with Crippen LogP contribution in [0.4, 0.5) is 11.5 Å². The molecule has 1 aliphatic carbocycles. The Morgan fingerprint density at radius 3 is 2.89 bits per heavy atom. The smallest absolute Gasteiger partial charge is 0.287 e. The molecule has 1 aromatic rings. The maximum absolute atomic E-state index is 11.4. The van der Waals surface area contributed by atoms with Crippen LogP contribution in [0, 0.1) is 17.0 Å². The second-order valence-electron chi connectivity index (χ2n) is 4.31. The van der Waals surface area contributed by atoms with Gasteiger partial charge in [0.1, 0.15) is 12.0 Å². The molecule has 0 radical (unpaired) electrons. The third-order valence-electron chi connectivity index (χ3n) is 2.63. The molecule has 1 heterocycles. The van der Waals surface area contributed by atoms with Gasteiger partial charge in [-0.15, -0.1) is 0 Å². The highest BCUT2D eigenvalue weighted by Crippen LogP contribution is 2.19. The van der Waals surface area contributed by atoms with E-state index in [4.69, 9.17) is 0 Å². The highest BCUT2D eigenvalue weighted by molar-refractivity contribution is 5.81. The summed E-state index contributed by atoms with van der Waals surface area (Å²) in [6, 6.07) is 1.75. The van der Waals surface area contributed by atoms with Crippen LogP contribution >= 0.6 is 0 Å². The van der Waals surface area contributed by atoms with E-state index in [9.17, 15) is 14.9 Å². The van der Waals surface area contributed by atoms with Crippen LogP contribution in [0.15, 0.2) is 12.3 Å². The van der Waals surface area contributed by atoms with Crippen molar-refractivity contribution in [2.24, 2.45) is 0 Å². The number of carbonyl (C=O) groups excluding carboxylic acids is 1. The molecule has 96 valence electrons. The number of hydrogen-bond donors (Lipinski definition) is 2. The van der Waals surface area contributed by atoms with Crippen molar-refractivity contribution in [3.63, 3.8) is 0 Å². The maximum atomic E-state index is 11.4. The number of carbonyl (C=O) groups is 1. The number of nitro groups is 1. The Kier molecular flexibility index (Phi) is 3.40. The molecule has 0 atom stereocenters. The molecule has 1 saturated carbocycles. The first kappa shape index (κ1) is 12.3. The standard InChI is InChI=1S/C11H14N4O3/c1-7-4-9(15(17)18)5-12-11(7)13-6-10(16)14-8-2-3-8/h4-5,8H,2-3,6H2,1H3,(H,12,13)(H,14,16). The molecule has 7 heteroatoms. The number of nitrogens with zero attached hydrogens (tertiary/aromatic N) is 2. The van der Waals surface area contributed by atoms with Crippen LogP contribution in [0.3, 0.4) is 0 Å². The van der Waals surface area contributed by atoms with Crippen molar-refractivity contribution in [3.8, 4) is 0 Å². The predicted molar refractivity (Wildman–Crippen MR) is 65.3 cm³/mol. The molecule has 7 nitrogen and oxygen atoms in total. The van der Waals surface area contributed by atoms with Crippen LogP contribution in [0.2, 0.25) is 0 Å². The Morgan fingerprint density at radius 1 is 1.61 bits per heavy atom. The molecule has 1 aliphatic rings. The van der Waals surface area contributed by atoms with E-state index in [0.717, 1.165) is 12.8 Å². The number of nitrogens with one attached hydrogen (secondary N) is 2. The Balaban J connectivity index is 1.92.